The first-order chi connectivity index (χ1) is 9.24. The minimum Gasteiger partial charge on any atom is -0.490 e. The molecule has 6 nitrogen and oxygen atoms in total. The molecule has 0 saturated heterocycles. The summed E-state index contributed by atoms with van der Waals surface area (Å²) in [5.41, 5.74) is 2.52. The molecular formula is C12H21N5OS. The molecule has 106 valence electrons. The number of methoxy groups -OCH3 is 1. The van der Waals surface area contributed by atoms with Gasteiger partial charge in [0.25, 0.3) is 0 Å². The summed E-state index contributed by atoms with van der Waals surface area (Å²) in [6.07, 6.45) is 8.75. The van der Waals surface area contributed by atoms with E-state index in [9.17, 15) is 0 Å². The highest BCUT2D eigenvalue weighted by Crippen LogP contribution is 2.40. The van der Waals surface area contributed by atoms with Crippen LogP contribution >= 0.6 is 11.8 Å². The van der Waals surface area contributed by atoms with Gasteiger partial charge in [-0.15, -0.1) is 0 Å². The summed E-state index contributed by atoms with van der Waals surface area (Å²) in [6, 6.07) is 0. The average molecular weight is 283 g/mol. The van der Waals surface area contributed by atoms with E-state index in [4.69, 9.17) is 10.6 Å². The fraction of sp³-hybridized carbons (Fsp3) is 0.667. The van der Waals surface area contributed by atoms with Crippen molar-refractivity contribution >= 4 is 23.4 Å². The van der Waals surface area contributed by atoms with Gasteiger partial charge in [-0.3, -0.25) is 0 Å². The number of nitrogen functional groups attached to an aromatic ring is 1. The lowest BCUT2D eigenvalue weighted by Gasteiger charge is -2.27. The Balaban J connectivity index is 2.10. The molecule has 1 aliphatic rings. The number of hydrazine groups is 1. The topological polar surface area (TPSA) is 85.1 Å². The maximum absolute atomic E-state index is 5.41. The zero-order chi connectivity index (χ0) is 13.7. The third-order valence-corrected chi connectivity index (χ3v) is 5.09. The number of nitrogens with zero attached hydrogens (tertiary/aromatic N) is 2. The summed E-state index contributed by atoms with van der Waals surface area (Å²) in [5.74, 6) is 7.14. The molecule has 0 radical (unpaired) electrons. The van der Waals surface area contributed by atoms with E-state index in [1.54, 1.807) is 7.11 Å². The molecule has 0 amide bonds. The van der Waals surface area contributed by atoms with E-state index in [0.717, 1.165) is 6.54 Å². The minimum atomic E-state index is 0.312. The first kappa shape index (κ1) is 14.2. The zero-order valence-corrected chi connectivity index (χ0v) is 12.2. The Bertz CT molecular complexity index is 423. The van der Waals surface area contributed by atoms with Gasteiger partial charge in [0.1, 0.15) is 6.33 Å². The maximum Gasteiger partial charge on any atom is 0.205 e. The molecule has 0 bridgehead atoms. The van der Waals surface area contributed by atoms with Gasteiger partial charge in [-0.1, -0.05) is 12.8 Å². The van der Waals surface area contributed by atoms with Crippen molar-refractivity contribution in [1.29, 1.82) is 0 Å². The second-order valence-electron chi connectivity index (χ2n) is 4.70. The summed E-state index contributed by atoms with van der Waals surface area (Å²) in [6.45, 7) is 0.881. The van der Waals surface area contributed by atoms with Gasteiger partial charge in [0.2, 0.25) is 5.75 Å². The van der Waals surface area contributed by atoms with Crippen LogP contribution in [0, 0.1) is 0 Å². The molecule has 1 heterocycles. The van der Waals surface area contributed by atoms with Crippen molar-refractivity contribution in [3.8, 4) is 5.75 Å². The van der Waals surface area contributed by atoms with Crippen molar-refractivity contribution < 1.29 is 4.74 Å². The van der Waals surface area contributed by atoms with Crippen LogP contribution in [0.15, 0.2) is 6.33 Å². The monoisotopic (exact) mass is 283 g/mol. The Labute approximate surface area is 117 Å². The Morgan fingerprint density at radius 1 is 1.37 bits per heavy atom. The van der Waals surface area contributed by atoms with Crippen LogP contribution in [0.3, 0.4) is 0 Å². The normalized spacial score (nSPS) is 17.2. The number of hydrogen-bond acceptors (Lipinski definition) is 7. The van der Waals surface area contributed by atoms with E-state index in [0.29, 0.717) is 22.1 Å². The second-order valence-corrected chi connectivity index (χ2v) is 5.97. The van der Waals surface area contributed by atoms with Gasteiger partial charge < -0.3 is 15.5 Å². The van der Waals surface area contributed by atoms with Gasteiger partial charge in [0.05, 0.1) is 7.11 Å². The summed E-state index contributed by atoms with van der Waals surface area (Å²) >= 11 is 1.94. The molecule has 4 N–H and O–H groups in total. The lowest BCUT2D eigenvalue weighted by molar-refractivity contribution is 0.414. The molecule has 1 aromatic heterocycles. The molecule has 19 heavy (non-hydrogen) atoms. The summed E-state index contributed by atoms with van der Waals surface area (Å²) in [7, 11) is 1.59. The van der Waals surface area contributed by atoms with E-state index >= 15 is 0 Å². The summed E-state index contributed by atoms with van der Waals surface area (Å²) in [5, 5.41) is 3.38. The minimum absolute atomic E-state index is 0.312. The molecule has 1 fully saturated rings. The number of thioether (sulfide) groups is 1. The molecule has 1 saturated carbocycles. The number of nitrogens with one attached hydrogen (secondary N) is 2. The average Bonchev–Trinajstić information content (AvgIpc) is 2.94. The van der Waals surface area contributed by atoms with Crippen LogP contribution in [-0.2, 0) is 0 Å². The fourth-order valence-electron chi connectivity index (χ4n) is 2.51. The Morgan fingerprint density at radius 2 is 2.05 bits per heavy atom. The highest BCUT2D eigenvalue weighted by atomic mass is 32.2. The third-order valence-electron chi connectivity index (χ3n) is 3.67. The van der Waals surface area contributed by atoms with Crippen molar-refractivity contribution in [3.05, 3.63) is 6.33 Å². The highest BCUT2D eigenvalue weighted by Gasteiger charge is 2.33. The molecular weight excluding hydrogens is 262 g/mol. The lowest BCUT2D eigenvalue weighted by Crippen LogP contribution is -2.30. The molecule has 0 spiro atoms. The summed E-state index contributed by atoms with van der Waals surface area (Å²) < 4.78 is 5.62. The van der Waals surface area contributed by atoms with Crippen molar-refractivity contribution in [2.45, 2.75) is 30.4 Å². The van der Waals surface area contributed by atoms with Crippen LogP contribution in [-0.4, -0.2) is 34.6 Å². The highest BCUT2D eigenvalue weighted by molar-refractivity contribution is 8.00. The number of rotatable bonds is 6. The predicted octanol–water partition coefficient (Wildman–Crippen LogP) is 1.86. The first-order valence-corrected chi connectivity index (χ1v) is 7.62. The number of hydrogen-bond donors (Lipinski definition) is 3. The standard InChI is InChI=1S/C12H21N5OS/c1-18-9-10(15-8-16-11(9)17-13)14-7-12(19-2)5-3-4-6-12/h8H,3-7,13H2,1-2H3,(H2,14,15,16,17). The number of aromatic nitrogens is 2. The fourth-order valence-corrected chi connectivity index (χ4v) is 3.43. The number of ether oxygens (including phenoxy) is 1. The quantitative estimate of drug-likeness (QED) is 0.542. The van der Waals surface area contributed by atoms with Gasteiger partial charge in [0.15, 0.2) is 11.6 Å². The molecule has 1 aromatic rings. The van der Waals surface area contributed by atoms with E-state index in [-0.39, 0.29) is 0 Å². The van der Waals surface area contributed by atoms with Gasteiger partial charge in [-0.25, -0.2) is 15.8 Å². The van der Waals surface area contributed by atoms with Crippen molar-refractivity contribution in [2.24, 2.45) is 5.84 Å². The van der Waals surface area contributed by atoms with Crippen LogP contribution < -0.4 is 21.3 Å². The van der Waals surface area contributed by atoms with Crippen LogP contribution in [0.2, 0.25) is 0 Å². The van der Waals surface area contributed by atoms with Crippen LogP contribution in [0.1, 0.15) is 25.7 Å². The smallest absolute Gasteiger partial charge is 0.205 e. The SMILES string of the molecule is COc1c(NN)ncnc1NCC1(SC)CCCC1. The first-order valence-electron chi connectivity index (χ1n) is 6.39. The van der Waals surface area contributed by atoms with Gasteiger partial charge >= 0.3 is 0 Å². The molecule has 0 atom stereocenters. The Morgan fingerprint density at radius 3 is 2.63 bits per heavy atom. The van der Waals surface area contributed by atoms with Crippen LogP contribution in [0.25, 0.3) is 0 Å². The van der Waals surface area contributed by atoms with Crippen LogP contribution in [0.5, 0.6) is 5.75 Å². The molecule has 0 aromatic carbocycles. The molecule has 0 aliphatic heterocycles. The molecule has 2 rings (SSSR count). The predicted molar refractivity (Wildman–Crippen MR) is 79.6 cm³/mol. The van der Waals surface area contributed by atoms with Gasteiger partial charge in [-0.05, 0) is 19.1 Å². The zero-order valence-electron chi connectivity index (χ0n) is 11.4. The number of anilines is 2. The van der Waals surface area contributed by atoms with E-state index in [2.05, 4.69) is 27.0 Å². The number of nitrogens with two attached hydrogens (primary N) is 1. The molecule has 7 heteroatoms. The van der Waals surface area contributed by atoms with Gasteiger partial charge in [-0.2, -0.15) is 11.8 Å². The second kappa shape index (κ2) is 6.29. The lowest BCUT2D eigenvalue weighted by atomic mass is 10.1. The molecule has 0 unspecified atom stereocenters. The van der Waals surface area contributed by atoms with Crippen molar-refractivity contribution in [3.63, 3.8) is 0 Å². The van der Waals surface area contributed by atoms with E-state index < -0.39 is 0 Å². The Hall–Kier alpha value is -1.21. The van der Waals surface area contributed by atoms with Crippen molar-refractivity contribution in [2.75, 3.05) is 30.7 Å². The third kappa shape index (κ3) is 3.03. The molecule has 1 aliphatic carbocycles. The van der Waals surface area contributed by atoms with Crippen LogP contribution in [0.4, 0.5) is 11.6 Å². The Kier molecular flexibility index (Phi) is 4.71. The van der Waals surface area contributed by atoms with E-state index in [1.165, 1.54) is 32.0 Å². The van der Waals surface area contributed by atoms with E-state index in [1.807, 2.05) is 11.8 Å². The van der Waals surface area contributed by atoms with Gasteiger partial charge in [0, 0.05) is 11.3 Å². The maximum atomic E-state index is 5.41. The van der Waals surface area contributed by atoms with Crippen molar-refractivity contribution in [1.82, 2.24) is 9.97 Å². The summed E-state index contributed by atoms with van der Waals surface area (Å²) in [4.78, 5) is 8.26. The largest absolute Gasteiger partial charge is 0.490 e.